The Labute approximate surface area is 115 Å². The topological polar surface area (TPSA) is 0 Å². The molecule has 1 radical (unpaired) electrons. The summed E-state index contributed by atoms with van der Waals surface area (Å²) in [6, 6.07) is 3.53. The number of hydrogen-bond acceptors (Lipinski definition) is 0. The fraction of sp³-hybridized carbons (Fsp3) is 0.455. The second-order valence-corrected chi connectivity index (χ2v) is 4.61. The predicted octanol–water partition coefficient (Wildman–Crippen LogP) is 5.57. The van der Waals surface area contributed by atoms with Crippen LogP contribution >= 0.6 is 23.2 Å². The van der Waals surface area contributed by atoms with Gasteiger partial charge in [-0.25, -0.2) is 4.39 Å². The lowest BCUT2D eigenvalue weighted by atomic mass is 9.86. The highest BCUT2D eigenvalue weighted by Crippen LogP contribution is 2.53. The third-order valence-electron chi connectivity index (χ3n) is 2.60. The minimum absolute atomic E-state index is 0.351. The van der Waals surface area contributed by atoms with Crippen molar-refractivity contribution in [1.82, 2.24) is 0 Å². The van der Waals surface area contributed by atoms with Crippen LogP contribution in [0.1, 0.15) is 18.9 Å². The summed E-state index contributed by atoms with van der Waals surface area (Å²) in [7, 11) is 0. The average Bonchev–Trinajstić information content (AvgIpc) is 2.24. The number of rotatable bonds is 3. The van der Waals surface area contributed by atoms with E-state index in [-0.39, 0.29) is 10.0 Å². The van der Waals surface area contributed by atoms with Crippen molar-refractivity contribution in [2.75, 3.05) is 0 Å². The highest BCUT2D eigenvalue weighted by molar-refractivity contribution is 6.34. The van der Waals surface area contributed by atoms with Crippen LogP contribution in [0.3, 0.4) is 0 Å². The van der Waals surface area contributed by atoms with E-state index in [1.54, 1.807) is 0 Å². The van der Waals surface area contributed by atoms with Gasteiger partial charge in [0.2, 0.25) is 5.67 Å². The number of alkyl halides is 6. The molecule has 8 heteroatoms. The summed E-state index contributed by atoms with van der Waals surface area (Å²) >= 11 is 10.9. The third-order valence-corrected chi connectivity index (χ3v) is 3.01. The molecule has 1 aromatic rings. The van der Waals surface area contributed by atoms with Gasteiger partial charge in [0, 0.05) is 6.07 Å². The summed E-state index contributed by atoms with van der Waals surface area (Å²) in [4.78, 5) is 0. The van der Waals surface area contributed by atoms with E-state index in [9.17, 15) is 26.3 Å². The van der Waals surface area contributed by atoms with Crippen LogP contribution in [0.2, 0.25) is 10.0 Å². The fourth-order valence-corrected chi connectivity index (χ4v) is 2.05. The van der Waals surface area contributed by atoms with Crippen LogP contribution in [0.25, 0.3) is 0 Å². The van der Waals surface area contributed by atoms with E-state index < -0.39 is 29.8 Å². The maximum absolute atomic E-state index is 14.3. The minimum Gasteiger partial charge on any atom is -0.232 e. The van der Waals surface area contributed by atoms with Gasteiger partial charge in [0.25, 0.3) is 0 Å². The minimum atomic E-state index is -6.03. The Morgan fingerprint density at radius 2 is 1.42 bits per heavy atom. The van der Waals surface area contributed by atoms with Crippen LogP contribution in [0.5, 0.6) is 0 Å². The van der Waals surface area contributed by atoms with Gasteiger partial charge in [-0.2, -0.15) is 22.0 Å². The maximum atomic E-state index is 14.3. The molecule has 0 nitrogen and oxygen atoms in total. The molecule has 0 heterocycles. The molecule has 1 unspecified atom stereocenters. The smallest absolute Gasteiger partial charge is 0.232 e. The Bertz CT molecular complexity index is 450. The van der Waals surface area contributed by atoms with Crippen LogP contribution in [0, 0.1) is 6.07 Å². The largest absolute Gasteiger partial charge is 0.457 e. The summed E-state index contributed by atoms with van der Waals surface area (Å²) in [5.74, 6) is -5.57. The summed E-state index contributed by atoms with van der Waals surface area (Å²) in [6.45, 7) is 0.873. The second kappa shape index (κ2) is 5.05. The third kappa shape index (κ3) is 2.79. The SMILES string of the molecule is CCC(F)(c1cc(Cl)[c]c(Cl)c1)C(F)(F)C(F)(F)F. The molecule has 0 saturated heterocycles. The zero-order valence-corrected chi connectivity index (χ0v) is 10.9. The Balaban J connectivity index is 3.47. The molecule has 0 N–H and O–H groups in total. The molecule has 1 aromatic carbocycles. The van der Waals surface area contributed by atoms with E-state index in [1.165, 1.54) is 0 Å². The Kier molecular flexibility index (Phi) is 4.37. The Hall–Kier alpha value is -0.620. The van der Waals surface area contributed by atoms with E-state index in [1.807, 2.05) is 0 Å². The van der Waals surface area contributed by atoms with Crippen molar-refractivity contribution in [3.05, 3.63) is 33.8 Å². The second-order valence-electron chi connectivity index (χ2n) is 3.79. The predicted molar refractivity (Wildman–Crippen MR) is 59.4 cm³/mol. The molecule has 0 aliphatic rings. The van der Waals surface area contributed by atoms with Crippen molar-refractivity contribution in [3.63, 3.8) is 0 Å². The van der Waals surface area contributed by atoms with Gasteiger partial charge in [0.15, 0.2) is 0 Å². The van der Waals surface area contributed by atoms with Crippen LogP contribution in [0.4, 0.5) is 26.3 Å². The Morgan fingerprint density at radius 1 is 1.00 bits per heavy atom. The monoisotopic (exact) mass is 323 g/mol. The van der Waals surface area contributed by atoms with Gasteiger partial charge in [0.1, 0.15) is 0 Å². The van der Waals surface area contributed by atoms with Crippen molar-refractivity contribution in [1.29, 1.82) is 0 Å². The van der Waals surface area contributed by atoms with Crippen molar-refractivity contribution in [2.45, 2.75) is 31.1 Å². The molecule has 0 bridgehead atoms. The first-order valence-electron chi connectivity index (χ1n) is 4.98. The molecule has 0 amide bonds. The molecule has 1 atom stereocenters. The molecule has 0 fully saturated rings. The van der Waals surface area contributed by atoms with Crippen LogP contribution < -0.4 is 0 Å². The zero-order valence-electron chi connectivity index (χ0n) is 9.39. The van der Waals surface area contributed by atoms with Gasteiger partial charge < -0.3 is 0 Å². The molecule has 0 saturated carbocycles. The summed E-state index contributed by atoms with van der Waals surface area (Å²) in [6.07, 6.45) is -7.13. The van der Waals surface area contributed by atoms with Crippen LogP contribution in [0.15, 0.2) is 12.1 Å². The van der Waals surface area contributed by atoms with Gasteiger partial charge in [-0.1, -0.05) is 30.1 Å². The molecule has 107 valence electrons. The van der Waals surface area contributed by atoms with Crippen molar-refractivity contribution in [2.24, 2.45) is 0 Å². The number of halogens is 8. The van der Waals surface area contributed by atoms with E-state index in [2.05, 4.69) is 6.07 Å². The standard InChI is InChI=1S/C11H7Cl2F6/c1-2-9(14,10(15,16)11(17,18)19)6-3-7(12)5-8(13)4-6/h3-4H,2H2,1H3. The highest BCUT2D eigenvalue weighted by Gasteiger charge is 2.71. The zero-order chi connectivity index (χ0) is 15.1. The lowest BCUT2D eigenvalue weighted by Crippen LogP contribution is -2.52. The summed E-state index contributed by atoms with van der Waals surface area (Å²) in [5.41, 5.74) is -4.89. The fourth-order valence-electron chi connectivity index (χ4n) is 1.56. The lowest BCUT2D eigenvalue weighted by Gasteiger charge is -2.34. The van der Waals surface area contributed by atoms with E-state index in [0.29, 0.717) is 12.1 Å². The lowest BCUT2D eigenvalue weighted by molar-refractivity contribution is -0.331. The molecular weight excluding hydrogens is 317 g/mol. The normalized spacial score (nSPS) is 16.3. The van der Waals surface area contributed by atoms with Gasteiger partial charge in [-0.3, -0.25) is 0 Å². The van der Waals surface area contributed by atoms with E-state index >= 15 is 0 Å². The first-order valence-corrected chi connectivity index (χ1v) is 5.73. The molecule has 0 aromatic heterocycles. The number of benzene rings is 1. The molecule has 0 aliphatic heterocycles. The van der Waals surface area contributed by atoms with Crippen molar-refractivity contribution >= 4 is 23.2 Å². The average molecular weight is 324 g/mol. The maximum Gasteiger partial charge on any atom is 0.457 e. The summed E-state index contributed by atoms with van der Waals surface area (Å²) in [5, 5.41) is -0.702. The van der Waals surface area contributed by atoms with E-state index in [4.69, 9.17) is 23.2 Å². The van der Waals surface area contributed by atoms with Crippen molar-refractivity contribution < 1.29 is 26.3 Å². The first-order chi connectivity index (χ1) is 8.45. The summed E-state index contributed by atoms with van der Waals surface area (Å²) < 4.78 is 78.0. The van der Waals surface area contributed by atoms with Gasteiger partial charge in [-0.15, -0.1) is 0 Å². The first kappa shape index (κ1) is 16.4. The van der Waals surface area contributed by atoms with Gasteiger partial charge in [0.05, 0.1) is 10.0 Å². The van der Waals surface area contributed by atoms with Crippen molar-refractivity contribution in [3.8, 4) is 0 Å². The van der Waals surface area contributed by atoms with Gasteiger partial charge >= 0.3 is 12.1 Å². The Morgan fingerprint density at radius 3 is 1.74 bits per heavy atom. The van der Waals surface area contributed by atoms with Crippen LogP contribution in [-0.2, 0) is 5.67 Å². The molecular formula is C11H7Cl2F6. The molecule has 0 spiro atoms. The molecule has 1 rings (SSSR count). The van der Waals surface area contributed by atoms with E-state index in [0.717, 1.165) is 6.92 Å². The van der Waals surface area contributed by atoms with Crippen LogP contribution in [-0.4, -0.2) is 12.1 Å². The molecule has 0 aliphatic carbocycles. The van der Waals surface area contributed by atoms with Gasteiger partial charge in [-0.05, 0) is 24.1 Å². The highest BCUT2D eigenvalue weighted by atomic mass is 35.5. The molecule has 19 heavy (non-hydrogen) atoms. The quantitative estimate of drug-likeness (QED) is 0.638. The number of hydrogen-bond donors (Lipinski definition) is 0.